The van der Waals surface area contributed by atoms with E-state index < -0.39 is 42.4 Å². The first-order chi connectivity index (χ1) is 9.76. The molecule has 1 aliphatic heterocycles. The third kappa shape index (κ3) is 3.91. The normalized spacial score (nSPS) is 32.7. The maximum Gasteiger partial charge on any atom is 0.364 e. The Morgan fingerprint density at radius 1 is 1.24 bits per heavy atom. The van der Waals surface area contributed by atoms with Crippen molar-refractivity contribution < 1.29 is 34.8 Å². The SMILES string of the molecule is CCCN(CCC)C(=O)[C@@H]1OC(O)(C(=O)O)C[C@@H](O)[C@H]1O. The van der Waals surface area contributed by atoms with Crippen LogP contribution in [0.15, 0.2) is 0 Å². The van der Waals surface area contributed by atoms with Crippen LogP contribution in [0.2, 0.25) is 0 Å². The minimum absolute atomic E-state index is 0.418. The van der Waals surface area contributed by atoms with Gasteiger partial charge in [-0.25, -0.2) is 4.79 Å². The zero-order chi connectivity index (χ0) is 16.2. The molecule has 1 amide bonds. The van der Waals surface area contributed by atoms with Crippen LogP contribution in [0.25, 0.3) is 0 Å². The Morgan fingerprint density at radius 2 is 1.76 bits per heavy atom. The predicted molar refractivity (Wildman–Crippen MR) is 71.3 cm³/mol. The first-order valence-corrected chi connectivity index (χ1v) is 7.05. The monoisotopic (exact) mass is 305 g/mol. The lowest BCUT2D eigenvalue weighted by Gasteiger charge is -2.40. The van der Waals surface area contributed by atoms with Gasteiger partial charge in [-0.15, -0.1) is 0 Å². The zero-order valence-electron chi connectivity index (χ0n) is 12.2. The molecule has 0 bridgehead atoms. The Balaban J connectivity index is 2.96. The minimum Gasteiger partial charge on any atom is -0.477 e. The quantitative estimate of drug-likeness (QED) is 0.491. The highest BCUT2D eigenvalue weighted by molar-refractivity contribution is 5.83. The highest BCUT2D eigenvalue weighted by Gasteiger charge is 2.53. The molecule has 0 radical (unpaired) electrons. The number of hydrogen-bond donors (Lipinski definition) is 4. The largest absolute Gasteiger partial charge is 0.477 e. The predicted octanol–water partition coefficient (Wildman–Crippen LogP) is -1.08. The summed E-state index contributed by atoms with van der Waals surface area (Å²) in [5.74, 6) is -5.02. The lowest BCUT2D eigenvalue weighted by molar-refractivity contribution is -0.289. The van der Waals surface area contributed by atoms with Crippen molar-refractivity contribution in [3.8, 4) is 0 Å². The summed E-state index contributed by atoms with van der Waals surface area (Å²) in [7, 11) is 0. The van der Waals surface area contributed by atoms with Crippen LogP contribution in [0.4, 0.5) is 0 Å². The second-order valence-electron chi connectivity index (χ2n) is 5.22. The number of amides is 1. The maximum absolute atomic E-state index is 12.4. The second kappa shape index (κ2) is 7.17. The Kier molecular flexibility index (Phi) is 6.09. The van der Waals surface area contributed by atoms with Crippen LogP contribution >= 0.6 is 0 Å². The summed E-state index contributed by atoms with van der Waals surface area (Å²) in [6.45, 7) is 4.58. The van der Waals surface area contributed by atoms with Gasteiger partial charge in [0.1, 0.15) is 6.10 Å². The van der Waals surface area contributed by atoms with E-state index in [-0.39, 0.29) is 0 Å². The van der Waals surface area contributed by atoms with E-state index in [0.717, 1.165) is 0 Å². The van der Waals surface area contributed by atoms with Crippen molar-refractivity contribution in [2.75, 3.05) is 13.1 Å². The fourth-order valence-corrected chi connectivity index (χ4v) is 2.32. The number of hydrogen-bond acceptors (Lipinski definition) is 6. The van der Waals surface area contributed by atoms with Gasteiger partial charge < -0.3 is 30.1 Å². The highest BCUT2D eigenvalue weighted by Crippen LogP contribution is 2.29. The van der Waals surface area contributed by atoms with Gasteiger partial charge in [0.25, 0.3) is 11.7 Å². The van der Waals surface area contributed by atoms with Crippen molar-refractivity contribution in [3.63, 3.8) is 0 Å². The van der Waals surface area contributed by atoms with Gasteiger partial charge in [0.15, 0.2) is 6.10 Å². The van der Waals surface area contributed by atoms with Gasteiger partial charge >= 0.3 is 5.97 Å². The summed E-state index contributed by atoms with van der Waals surface area (Å²) in [4.78, 5) is 24.8. The number of aliphatic carboxylic acids is 1. The molecule has 1 fully saturated rings. The standard InChI is InChI=1S/C13H23NO7/c1-3-5-14(6-4-2)11(17)10-9(16)8(15)7-13(20,21-10)12(18)19/h8-10,15-16,20H,3-7H2,1-2H3,(H,18,19)/t8-,9-,10-,13?/m1/s1. The van der Waals surface area contributed by atoms with Gasteiger partial charge in [-0.1, -0.05) is 13.8 Å². The molecule has 0 aliphatic carbocycles. The summed E-state index contributed by atoms with van der Waals surface area (Å²) in [6, 6.07) is 0. The first-order valence-electron chi connectivity index (χ1n) is 7.05. The molecule has 4 N–H and O–H groups in total. The number of carboxylic acids is 1. The number of carbonyl (C=O) groups excluding carboxylic acids is 1. The van der Waals surface area contributed by atoms with Crippen LogP contribution in [0.3, 0.4) is 0 Å². The molecule has 1 heterocycles. The van der Waals surface area contributed by atoms with Crippen molar-refractivity contribution in [3.05, 3.63) is 0 Å². The Bertz CT molecular complexity index is 383. The van der Waals surface area contributed by atoms with Crippen molar-refractivity contribution in [1.82, 2.24) is 4.90 Å². The summed E-state index contributed by atoms with van der Waals surface area (Å²) in [5, 5.41) is 38.4. The van der Waals surface area contributed by atoms with Crippen molar-refractivity contribution in [1.29, 1.82) is 0 Å². The number of carbonyl (C=O) groups is 2. The molecule has 1 rings (SSSR count). The molecule has 1 saturated heterocycles. The molecule has 0 aromatic rings. The summed E-state index contributed by atoms with van der Waals surface area (Å²) >= 11 is 0. The van der Waals surface area contributed by atoms with E-state index >= 15 is 0 Å². The van der Waals surface area contributed by atoms with Crippen LogP contribution in [0.1, 0.15) is 33.1 Å². The van der Waals surface area contributed by atoms with Gasteiger partial charge in [-0.05, 0) is 12.8 Å². The molecule has 21 heavy (non-hydrogen) atoms. The van der Waals surface area contributed by atoms with E-state index in [4.69, 9.17) is 9.84 Å². The van der Waals surface area contributed by atoms with Crippen LogP contribution < -0.4 is 0 Å². The first kappa shape index (κ1) is 17.8. The van der Waals surface area contributed by atoms with E-state index in [1.807, 2.05) is 13.8 Å². The second-order valence-corrected chi connectivity index (χ2v) is 5.22. The molecular weight excluding hydrogens is 282 g/mol. The van der Waals surface area contributed by atoms with Crippen molar-refractivity contribution in [2.24, 2.45) is 0 Å². The van der Waals surface area contributed by atoms with Crippen LogP contribution in [-0.4, -0.2) is 74.4 Å². The maximum atomic E-state index is 12.4. The van der Waals surface area contributed by atoms with Crippen molar-refractivity contribution in [2.45, 2.75) is 57.2 Å². The van der Waals surface area contributed by atoms with Crippen molar-refractivity contribution >= 4 is 11.9 Å². The lowest BCUT2D eigenvalue weighted by Crippen LogP contribution is -2.62. The summed E-state index contributed by atoms with van der Waals surface area (Å²) in [5.41, 5.74) is 0. The molecule has 0 aromatic heterocycles. The van der Waals surface area contributed by atoms with E-state index in [1.54, 1.807) is 0 Å². The third-order valence-electron chi connectivity index (χ3n) is 3.39. The third-order valence-corrected chi connectivity index (χ3v) is 3.39. The Hall–Kier alpha value is -1.22. The van der Waals surface area contributed by atoms with Crippen LogP contribution in [0, 0.1) is 0 Å². The van der Waals surface area contributed by atoms with E-state index in [2.05, 4.69) is 0 Å². The average molecular weight is 305 g/mol. The molecule has 0 spiro atoms. The van der Waals surface area contributed by atoms with Gasteiger partial charge in [0, 0.05) is 19.5 Å². The minimum atomic E-state index is -2.68. The summed E-state index contributed by atoms with van der Waals surface area (Å²) < 4.78 is 4.91. The number of rotatable bonds is 6. The number of carboxylic acid groups (broad SMARTS) is 1. The molecule has 0 aromatic carbocycles. The van der Waals surface area contributed by atoms with Gasteiger partial charge in [0.05, 0.1) is 6.10 Å². The molecule has 1 aliphatic rings. The summed E-state index contributed by atoms with van der Waals surface area (Å²) in [6.07, 6.45) is -4.07. The highest BCUT2D eigenvalue weighted by atomic mass is 16.7. The molecule has 1 unspecified atom stereocenters. The number of ether oxygens (including phenoxy) is 1. The van der Waals surface area contributed by atoms with Gasteiger partial charge in [-0.3, -0.25) is 4.79 Å². The molecular formula is C13H23NO7. The van der Waals surface area contributed by atoms with Gasteiger partial charge in [0.2, 0.25) is 0 Å². The van der Waals surface area contributed by atoms with Crippen LogP contribution in [-0.2, 0) is 14.3 Å². The number of aliphatic hydroxyl groups excluding tert-OH is 2. The number of aliphatic hydroxyl groups is 3. The fourth-order valence-electron chi connectivity index (χ4n) is 2.32. The van der Waals surface area contributed by atoms with Gasteiger partial charge in [-0.2, -0.15) is 0 Å². The molecule has 8 heteroatoms. The van der Waals surface area contributed by atoms with E-state index in [9.17, 15) is 24.9 Å². The smallest absolute Gasteiger partial charge is 0.364 e. The molecule has 0 saturated carbocycles. The van der Waals surface area contributed by atoms with Crippen LogP contribution in [0.5, 0.6) is 0 Å². The molecule has 122 valence electrons. The molecule has 4 atom stereocenters. The average Bonchev–Trinajstić information content (AvgIpc) is 2.41. The fraction of sp³-hybridized carbons (Fsp3) is 0.846. The zero-order valence-corrected chi connectivity index (χ0v) is 12.2. The van der Waals surface area contributed by atoms with E-state index in [1.165, 1.54) is 4.90 Å². The lowest BCUT2D eigenvalue weighted by atomic mass is 9.94. The molecule has 8 nitrogen and oxygen atoms in total. The number of nitrogens with zero attached hydrogens (tertiary/aromatic N) is 1. The topological polar surface area (TPSA) is 128 Å². The van der Waals surface area contributed by atoms with E-state index in [0.29, 0.717) is 25.9 Å². The Labute approximate surface area is 122 Å². The Morgan fingerprint density at radius 3 is 2.19 bits per heavy atom.